The van der Waals surface area contributed by atoms with Gasteiger partial charge in [0.1, 0.15) is 0 Å². The van der Waals surface area contributed by atoms with Crippen LogP contribution in [0.25, 0.3) is 0 Å². The molecular weight excluding hydrogens is 214 g/mol. The van der Waals surface area contributed by atoms with E-state index in [4.69, 9.17) is 5.73 Å². The van der Waals surface area contributed by atoms with Gasteiger partial charge in [-0.3, -0.25) is 0 Å². The summed E-state index contributed by atoms with van der Waals surface area (Å²) < 4.78 is 51.0. The van der Waals surface area contributed by atoms with Crippen molar-refractivity contribution in [2.45, 2.75) is 19.1 Å². The number of halogens is 4. The first-order chi connectivity index (χ1) is 6.86. The molecule has 0 bridgehead atoms. The van der Waals surface area contributed by atoms with Crippen molar-refractivity contribution in [2.24, 2.45) is 5.73 Å². The van der Waals surface area contributed by atoms with E-state index in [0.29, 0.717) is 6.07 Å². The van der Waals surface area contributed by atoms with Crippen LogP contribution in [0, 0.1) is 23.3 Å². The van der Waals surface area contributed by atoms with Gasteiger partial charge in [0, 0.05) is 11.6 Å². The van der Waals surface area contributed by atoms with Gasteiger partial charge in [0.15, 0.2) is 23.3 Å². The van der Waals surface area contributed by atoms with Gasteiger partial charge in [-0.05, 0) is 13.0 Å². The van der Waals surface area contributed by atoms with Crippen LogP contribution in [0.5, 0.6) is 0 Å². The molecule has 3 N–H and O–H groups in total. The zero-order valence-electron chi connectivity index (χ0n) is 7.77. The molecule has 2 nitrogen and oxygen atoms in total. The quantitative estimate of drug-likeness (QED) is 0.454. The summed E-state index contributed by atoms with van der Waals surface area (Å²) in [4.78, 5) is 0. The average Bonchev–Trinajstić information content (AvgIpc) is 2.19. The van der Waals surface area contributed by atoms with E-state index >= 15 is 0 Å². The zero-order chi connectivity index (χ0) is 11.7. The summed E-state index contributed by atoms with van der Waals surface area (Å²) in [5.74, 6) is -7.06. The molecule has 0 aliphatic carbocycles. The van der Waals surface area contributed by atoms with Gasteiger partial charge in [-0.15, -0.1) is 0 Å². The Bertz CT molecular complexity index is 381. The third-order valence-corrected chi connectivity index (χ3v) is 1.95. The highest BCUT2D eigenvalue weighted by Gasteiger charge is 2.24. The third kappa shape index (κ3) is 2.10. The highest BCUT2D eigenvalue weighted by Crippen LogP contribution is 2.24. The molecule has 1 rings (SSSR count). The van der Waals surface area contributed by atoms with Crippen molar-refractivity contribution in [3.63, 3.8) is 0 Å². The first-order valence-electron chi connectivity index (χ1n) is 4.12. The third-order valence-electron chi connectivity index (χ3n) is 1.95. The van der Waals surface area contributed by atoms with E-state index in [0.717, 1.165) is 0 Å². The molecule has 2 atom stereocenters. The summed E-state index contributed by atoms with van der Waals surface area (Å²) >= 11 is 0. The SMILES string of the molecule is C[C@@H](N)[C@@H](O)c1cc(F)c(F)c(F)c1F. The lowest BCUT2D eigenvalue weighted by molar-refractivity contribution is 0.146. The largest absolute Gasteiger partial charge is 0.387 e. The number of benzene rings is 1. The fraction of sp³-hybridized carbons (Fsp3) is 0.333. The Morgan fingerprint density at radius 1 is 1.13 bits per heavy atom. The summed E-state index contributed by atoms with van der Waals surface area (Å²) in [6.07, 6.45) is -1.59. The molecule has 6 heteroatoms. The second-order valence-electron chi connectivity index (χ2n) is 3.19. The maximum Gasteiger partial charge on any atom is 0.197 e. The lowest BCUT2D eigenvalue weighted by atomic mass is 10.0. The molecule has 15 heavy (non-hydrogen) atoms. The standard InChI is InChI=1S/C9H9F4NO/c1-3(14)9(15)4-2-5(10)7(12)8(13)6(4)11/h2-3,9,15H,14H2,1H3/t3-,9-/m1/s1. The van der Waals surface area contributed by atoms with E-state index in [1.807, 2.05) is 0 Å². The monoisotopic (exact) mass is 223 g/mol. The first kappa shape index (κ1) is 11.9. The highest BCUT2D eigenvalue weighted by atomic mass is 19.2. The lowest BCUT2D eigenvalue weighted by Crippen LogP contribution is -2.25. The van der Waals surface area contributed by atoms with Crippen molar-refractivity contribution >= 4 is 0 Å². The fourth-order valence-corrected chi connectivity index (χ4v) is 1.09. The second-order valence-corrected chi connectivity index (χ2v) is 3.19. The molecule has 0 spiro atoms. The van der Waals surface area contributed by atoms with Crippen molar-refractivity contribution in [3.05, 3.63) is 34.9 Å². The number of nitrogens with two attached hydrogens (primary N) is 1. The van der Waals surface area contributed by atoms with Crippen LogP contribution in [0.3, 0.4) is 0 Å². The second kappa shape index (κ2) is 4.16. The fourth-order valence-electron chi connectivity index (χ4n) is 1.09. The Labute approximate surface area is 83.3 Å². The van der Waals surface area contributed by atoms with Gasteiger partial charge in [-0.2, -0.15) is 0 Å². The molecule has 0 heterocycles. The molecule has 84 valence electrons. The number of hydrogen-bond donors (Lipinski definition) is 2. The van der Waals surface area contributed by atoms with Crippen LogP contribution < -0.4 is 5.73 Å². The molecule has 0 aliphatic heterocycles. The van der Waals surface area contributed by atoms with Crippen LogP contribution in [0.2, 0.25) is 0 Å². The predicted molar refractivity (Wildman–Crippen MR) is 44.9 cm³/mol. The molecule has 0 aromatic heterocycles. The van der Waals surface area contributed by atoms with Crippen molar-refractivity contribution in [3.8, 4) is 0 Å². The number of aliphatic hydroxyl groups is 1. The highest BCUT2D eigenvalue weighted by molar-refractivity contribution is 5.24. The Hall–Kier alpha value is -1.14. The van der Waals surface area contributed by atoms with E-state index < -0.39 is 41.0 Å². The number of aliphatic hydroxyl groups excluding tert-OH is 1. The van der Waals surface area contributed by atoms with Crippen molar-refractivity contribution < 1.29 is 22.7 Å². The van der Waals surface area contributed by atoms with Crippen molar-refractivity contribution in [1.82, 2.24) is 0 Å². The predicted octanol–water partition coefficient (Wildman–Crippen LogP) is 1.62. The maximum atomic E-state index is 13.1. The van der Waals surface area contributed by atoms with E-state index in [9.17, 15) is 22.7 Å². The molecule has 0 aliphatic rings. The van der Waals surface area contributed by atoms with Crippen molar-refractivity contribution in [1.29, 1.82) is 0 Å². The van der Waals surface area contributed by atoms with Crippen LogP contribution in [0.1, 0.15) is 18.6 Å². The molecule has 0 amide bonds. The molecule has 0 saturated carbocycles. The summed E-state index contributed by atoms with van der Waals surface area (Å²) in [5, 5.41) is 9.30. The molecule has 0 saturated heterocycles. The molecule has 0 radical (unpaired) electrons. The average molecular weight is 223 g/mol. The van der Waals surface area contributed by atoms with Crippen LogP contribution in [0.15, 0.2) is 6.07 Å². The molecule has 0 unspecified atom stereocenters. The van der Waals surface area contributed by atoms with Crippen LogP contribution in [-0.4, -0.2) is 11.1 Å². The van der Waals surface area contributed by atoms with E-state index in [-0.39, 0.29) is 0 Å². The van der Waals surface area contributed by atoms with E-state index in [1.165, 1.54) is 6.92 Å². The summed E-state index contributed by atoms with van der Waals surface area (Å²) in [5.41, 5.74) is 4.53. The normalized spacial score (nSPS) is 15.1. The Morgan fingerprint density at radius 2 is 1.67 bits per heavy atom. The van der Waals surface area contributed by atoms with E-state index in [1.54, 1.807) is 0 Å². The zero-order valence-corrected chi connectivity index (χ0v) is 7.77. The summed E-state index contributed by atoms with van der Waals surface area (Å²) in [6.45, 7) is 1.32. The Morgan fingerprint density at radius 3 is 2.13 bits per heavy atom. The van der Waals surface area contributed by atoms with Crippen LogP contribution >= 0.6 is 0 Å². The minimum atomic E-state index is -1.95. The minimum Gasteiger partial charge on any atom is -0.387 e. The smallest absolute Gasteiger partial charge is 0.197 e. The Kier molecular flexibility index (Phi) is 3.31. The van der Waals surface area contributed by atoms with Gasteiger partial charge in [0.05, 0.1) is 6.10 Å². The van der Waals surface area contributed by atoms with Crippen molar-refractivity contribution in [2.75, 3.05) is 0 Å². The van der Waals surface area contributed by atoms with Gasteiger partial charge in [-0.25, -0.2) is 17.6 Å². The minimum absolute atomic E-state index is 0.391. The molecule has 1 aromatic carbocycles. The van der Waals surface area contributed by atoms with Gasteiger partial charge in [-0.1, -0.05) is 0 Å². The Balaban J connectivity index is 3.32. The van der Waals surface area contributed by atoms with Gasteiger partial charge < -0.3 is 10.8 Å². The summed E-state index contributed by atoms with van der Waals surface area (Å²) in [6, 6.07) is -0.536. The lowest BCUT2D eigenvalue weighted by Gasteiger charge is -2.16. The van der Waals surface area contributed by atoms with E-state index in [2.05, 4.69) is 0 Å². The number of hydrogen-bond acceptors (Lipinski definition) is 2. The summed E-state index contributed by atoms with van der Waals surface area (Å²) in [7, 11) is 0. The van der Waals surface area contributed by atoms with Gasteiger partial charge in [0.25, 0.3) is 0 Å². The molecule has 1 aromatic rings. The van der Waals surface area contributed by atoms with Gasteiger partial charge >= 0.3 is 0 Å². The maximum absolute atomic E-state index is 13.1. The van der Waals surface area contributed by atoms with Crippen LogP contribution in [-0.2, 0) is 0 Å². The van der Waals surface area contributed by atoms with Gasteiger partial charge in [0.2, 0.25) is 0 Å². The van der Waals surface area contributed by atoms with Crippen LogP contribution in [0.4, 0.5) is 17.6 Å². The molecule has 0 fully saturated rings. The molecular formula is C9H9F4NO. The number of rotatable bonds is 2. The topological polar surface area (TPSA) is 46.2 Å². The first-order valence-corrected chi connectivity index (χ1v) is 4.12.